The van der Waals surface area contributed by atoms with Gasteiger partial charge in [0.15, 0.2) is 0 Å². The van der Waals surface area contributed by atoms with Crippen molar-refractivity contribution in [2.45, 2.75) is 50.6 Å². The molecule has 2 saturated heterocycles. The van der Waals surface area contributed by atoms with Crippen molar-refractivity contribution in [3.05, 3.63) is 59.2 Å². The maximum atomic E-state index is 13.1. The lowest BCUT2D eigenvalue weighted by Gasteiger charge is -2.29. The van der Waals surface area contributed by atoms with Crippen LogP contribution in [0.1, 0.15) is 52.0 Å². The third kappa shape index (κ3) is 7.20. The number of carboxylic acid groups (broad SMARTS) is 1. The Hall–Kier alpha value is -4.46. The number of aliphatic carboxylic acids is 1. The number of carbonyl (C=O) groups is 5. The number of nitrogens with zero attached hydrogens (tertiary/aromatic N) is 1. The van der Waals surface area contributed by atoms with Crippen LogP contribution in [-0.4, -0.2) is 71.0 Å². The average molecular weight is 577 g/mol. The highest BCUT2D eigenvalue weighted by Crippen LogP contribution is 2.30. The summed E-state index contributed by atoms with van der Waals surface area (Å²) in [7, 11) is 0. The van der Waals surface area contributed by atoms with Crippen molar-refractivity contribution in [2.24, 2.45) is 0 Å². The molecule has 5 rings (SSSR count). The van der Waals surface area contributed by atoms with Gasteiger partial charge in [0, 0.05) is 29.8 Å². The minimum absolute atomic E-state index is 0.146. The van der Waals surface area contributed by atoms with Gasteiger partial charge in [-0.05, 0) is 74.3 Å². The van der Waals surface area contributed by atoms with Crippen LogP contribution in [0.15, 0.2) is 42.5 Å². The molecule has 41 heavy (non-hydrogen) atoms. The smallest absolute Gasteiger partial charge is 0.490 e. The summed E-state index contributed by atoms with van der Waals surface area (Å²) in [5.41, 5.74) is 1.99. The molecule has 0 spiro atoms. The summed E-state index contributed by atoms with van der Waals surface area (Å²) >= 11 is 0. The number of ether oxygens (including phenoxy) is 1. The summed E-state index contributed by atoms with van der Waals surface area (Å²) in [6, 6.07) is 11.5. The van der Waals surface area contributed by atoms with Gasteiger partial charge in [-0.1, -0.05) is 6.07 Å². The number of benzene rings is 2. The Morgan fingerprint density at radius 3 is 2.27 bits per heavy atom. The first kappa shape index (κ1) is 29.5. The van der Waals surface area contributed by atoms with E-state index in [4.69, 9.17) is 14.6 Å². The first-order valence-electron chi connectivity index (χ1n) is 12.8. The molecule has 3 heterocycles. The number of anilines is 1. The van der Waals surface area contributed by atoms with Gasteiger partial charge in [0.25, 0.3) is 11.8 Å². The Labute approximate surface area is 232 Å². The molecule has 1 unspecified atom stereocenters. The highest BCUT2D eigenvalue weighted by molar-refractivity contribution is 6.10. The van der Waals surface area contributed by atoms with Gasteiger partial charge in [-0.15, -0.1) is 0 Å². The second-order valence-corrected chi connectivity index (χ2v) is 9.58. The van der Waals surface area contributed by atoms with Gasteiger partial charge in [-0.2, -0.15) is 13.2 Å². The van der Waals surface area contributed by atoms with E-state index in [-0.39, 0.29) is 43.2 Å². The number of imide groups is 1. The second-order valence-electron chi connectivity index (χ2n) is 9.58. The maximum Gasteiger partial charge on any atom is 0.490 e. The number of rotatable bonds is 5. The summed E-state index contributed by atoms with van der Waals surface area (Å²) < 4.78 is 37.7. The van der Waals surface area contributed by atoms with Gasteiger partial charge in [0.2, 0.25) is 11.8 Å². The van der Waals surface area contributed by atoms with Crippen molar-refractivity contribution in [3.63, 3.8) is 0 Å². The van der Waals surface area contributed by atoms with Crippen LogP contribution in [0, 0.1) is 0 Å². The molecule has 0 bridgehead atoms. The molecule has 0 aliphatic carbocycles. The third-order valence-electron chi connectivity index (χ3n) is 6.77. The van der Waals surface area contributed by atoms with E-state index in [0.717, 1.165) is 31.7 Å². The minimum atomic E-state index is -5.08. The molecule has 0 radical (unpaired) electrons. The van der Waals surface area contributed by atoms with Crippen molar-refractivity contribution in [2.75, 3.05) is 18.4 Å². The lowest BCUT2D eigenvalue weighted by atomic mass is 10.0. The van der Waals surface area contributed by atoms with Crippen LogP contribution in [-0.2, 0) is 20.9 Å². The summed E-state index contributed by atoms with van der Waals surface area (Å²) in [6.45, 7) is 2.04. The van der Waals surface area contributed by atoms with E-state index < -0.39 is 24.1 Å². The zero-order chi connectivity index (χ0) is 29.7. The second kappa shape index (κ2) is 12.4. The van der Waals surface area contributed by atoms with Crippen LogP contribution in [0.4, 0.5) is 18.9 Å². The lowest BCUT2D eigenvalue weighted by molar-refractivity contribution is -0.192. The number of carboxylic acids is 1. The van der Waals surface area contributed by atoms with Crippen LogP contribution < -0.4 is 20.7 Å². The van der Waals surface area contributed by atoms with Crippen molar-refractivity contribution in [3.8, 4) is 5.75 Å². The van der Waals surface area contributed by atoms with Crippen LogP contribution in [0.3, 0.4) is 0 Å². The topological polar surface area (TPSA) is 154 Å². The van der Waals surface area contributed by atoms with Crippen molar-refractivity contribution < 1.29 is 47.0 Å². The molecule has 4 N–H and O–H groups in total. The maximum absolute atomic E-state index is 13.1. The number of amides is 4. The molecule has 218 valence electrons. The number of carbonyl (C=O) groups excluding carboxylic acids is 4. The molecular formula is C27H27F3N4O7. The van der Waals surface area contributed by atoms with E-state index in [1.54, 1.807) is 30.3 Å². The lowest BCUT2D eigenvalue weighted by Crippen LogP contribution is -2.52. The minimum Gasteiger partial charge on any atom is -0.490 e. The molecule has 1 atom stereocenters. The molecule has 11 nitrogen and oxygen atoms in total. The van der Waals surface area contributed by atoms with E-state index in [0.29, 0.717) is 22.4 Å². The largest absolute Gasteiger partial charge is 0.490 e. The molecule has 4 amide bonds. The van der Waals surface area contributed by atoms with E-state index in [1.165, 1.54) is 4.90 Å². The van der Waals surface area contributed by atoms with Crippen LogP contribution in [0.25, 0.3) is 0 Å². The van der Waals surface area contributed by atoms with Crippen molar-refractivity contribution in [1.29, 1.82) is 0 Å². The number of fused-ring (bicyclic) bond motifs is 1. The Balaban J connectivity index is 0.000000493. The fourth-order valence-electron chi connectivity index (χ4n) is 4.72. The standard InChI is InChI=1S/C25H26N4O5.C2HF3O2/c30-22-9-8-21(24(32)28-22)29-14-20-18(2-1-3-19(20)25(29)33)23(31)27-15-4-6-16(7-5-15)34-17-10-12-26-13-11-17;3-2(4,5)1(6)7/h1-7,17,21,26H,8-14H2,(H,27,31)(H,28,30,32);(H,6,7). The molecule has 14 heteroatoms. The number of piperidine rings is 2. The first-order valence-corrected chi connectivity index (χ1v) is 12.8. The third-order valence-corrected chi connectivity index (χ3v) is 6.77. The predicted octanol–water partition coefficient (Wildman–Crippen LogP) is 2.46. The Morgan fingerprint density at radius 2 is 1.66 bits per heavy atom. The molecule has 3 aliphatic rings. The van der Waals surface area contributed by atoms with E-state index in [9.17, 15) is 32.3 Å². The normalized spacial score (nSPS) is 19.0. The van der Waals surface area contributed by atoms with Gasteiger partial charge < -0.3 is 25.4 Å². The zero-order valence-corrected chi connectivity index (χ0v) is 21.6. The molecule has 0 saturated carbocycles. The highest BCUT2D eigenvalue weighted by atomic mass is 19.4. The van der Waals surface area contributed by atoms with Crippen LogP contribution in [0.2, 0.25) is 0 Å². The first-order chi connectivity index (χ1) is 19.4. The molecule has 2 aromatic carbocycles. The van der Waals surface area contributed by atoms with Gasteiger partial charge in [-0.25, -0.2) is 4.79 Å². The summed E-state index contributed by atoms with van der Waals surface area (Å²) in [5, 5.41) is 15.6. The molecule has 3 aliphatic heterocycles. The highest BCUT2D eigenvalue weighted by Gasteiger charge is 2.40. The average Bonchev–Trinajstić information content (AvgIpc) is 3.26. The van der Waals surface area contributed by atoms with Crippen LogP contribution >= 0.6 is 0 Å². The summed E-state index contributed by atoms with van der Waals surface area (Å²) in [4.78, 5) is 60.1. The summed E-state index contributed by atoms with van der Waals surface area (Å²) in [6.07, 6.45) is -2.50. The monoisotopic (exact) mass is 576 g/mol. The number of hydrogen-bond donors (Lipinski definition) is 4. The number of halogens is 3. The Bertz CT molecular complexity index is 1340. The van der Waals surface area contributed by atoms with Gasteiger partial charge in [-0.3, -0.25) is 24.5 Å². The van der Waals surface area contributed by atoms with E-state index in [2.05, 4.69) is 16.0 Å². The number of nitrogens with one attached hydrogen (secondary N) is 3. The SMILES string of the molecule is O=C(O)C(F)(F)F.O=C1CCC(N2Cc3c(C(=O)Nc4ccc(OC5CCNCC5)cc4)cccc3C2=O)C(=O)N1. The summed E-state index contributed by atoms with van der Waals surface area (Å²) in [5.74, 6) is -3.45. The van der Waals surface area contributed by atoms with Gasteiger partial charge >= 0.3 is 12.1 Å². The van der Waals surface area contributed by atoms with Crippen LogP contribution in [0.5, 0.6) is 5.75 Å². The van der Waals surface area contributed by atoms with Gasteiger partial charge in [0.05, 0.1) is 0 Å². The van der Waals surface area contributed by atoms with E-state index in [1.807, 2.05) is 12.1 Å². The quantitative estimate of drug-likeness (QED) is 0.396. The molecule has 2 fully saturated rings. The fourth-order valence-corrected chi connectivity index (χ4v) is 4.72. The molecular weight excluding hydrogens is 549 g/mol. The van der Waals surface area contributed by atoms with Gasteiger partial charge in [0.1, 0.15) is 17.9 Å². The number of hydrogen-bond acceptors (Lipinski definition) is 7. The molecule has 0 aromatic heterocycles. The molecule has 2 aromatic rings. The zero-order valence-electron chi connectivity index (χ0n) is 21.6. The Morgan fingerprint density at radius 1 is 1.00 bits per heavy atom. The van der Waals surface area contributed by atoms with E-state index >= 15 is 0 Å². The van der Waals surface area contributed by atoms with Crippen molar-refractivity contribution >= 4 is 35.3 Å². The van der Waals surface area contributed by atoms with Crippen molar-refractivity contribution in [1.82, 2.24) is 15.5 Å². The number of alkyl halides is 3. The fraction of sp³-hybridized carbons (Fsp3) is 0.370. The Kier molecular flexibility index (Phi) is 8.91. The predicted molar refractivity (Wildman–Crippen MR) is 137 cm³/mol.